The lowest BCUT2D eigenvalue weighted by molar-refractivity contribution is -0.140. The molecule has 1 aromatic carbocycles. The van der Waals surface area contributed by atoms with Crippen molar-refractivity contribution >= 4 is 22.6 Å². The number of carbonyl (C=O) groups excluding carboxylic acids is 1. The van der Waals surface area contributed by atoms with Crippen LogP contribution in [-0.2, 0) is 13.2 Å². The van der Waals surface area contributed by atoms with Gasteiger partial charge >= 0.3 is 6.18 Å². The Balaban J connectivity index is 1.25. The van der Waals surface area contributed by atoms with Crippen molar-refractivity contribution in [1.29, 1.82) is 0 Å². The maximum Gasteiger partial charge on any atom is 0.433 e. The molecule has 1 aliphatic rings. The lowest BCUT2D eigenvalue weighted by Crippen LogP contribution is -2.49. The summed E-state index contributed by atoms with van der Waals surface area (Å²) in [5.74, 6) is 0.423. The van der Waals surface area contributed by atoms with Crippen molar-refractivity contribution in [1.82, 2.24) is 29.5 Å². The van der Waals surface area contributed by atoms with Gasteiger partial charge in [-0.05, 0) is 30.7 Å². The molecule has 198 valence electrons. The van der Waals surface area contributed by atoms with Crippen LogP contribution in [-0.4, -0.2) is 74.7 Å². The Bertz CT molecular complexity index is 1430. The van der Waals surface area contributed by atoms with Gasteiger partial charge < -0.3 is 10.2 Å². The number of alkyl halides is 3. The molecule has 0 saturated carbocycles. The van der Waals surface area contributed by atoms with Crippen LogP contribution < -0.4 is 5.32 Å². The Hall–Kier alpha value is -3.99. The lowest BCUT2D eigenvalue weighted by Gasteiger charge is -2.34. The number of amides is 1. The number of pyridine rings is 2. The smallest absolute Gasteiger partial charge is 0.368 e. The number of aryl methyl sites for hydroxylation is 2. The monoisotopic (exact) mass is 523 g/mol. The van der Waals surface area contributed by atoms with Crippen molar-refractivity contribution in [2.24, 2.45) is 7.05 Å². The molecule has 0 radical (unpaired) electrons. The number of fused-ring (bicyclic) bond motifs is 1. The van der Waals surface area contributed by atoms with Crippen LogP contribution in [0.25, 0.3) is 22.0 Å². The standard InChI is InChI=1S/C27H28F3N7O/c1-18-16-22(34-35(18)2)26(38)37-14-12-36(13-15-37)11-10-31-25-20-8-9-23(27(28,29)30)33-24(20)21(17-32-25)19-6-4-3-5-7-19/h3-9,16-17H,10-15H2,1-2H3,(H,31,32). The second-order valence-corrected chi connectivity index (χ2v) is 9.33. The number of benzene rings is 1. The van der Waals surface area contributed by atoms with Crippen molar-refractivity contribution in [2.75, 3.05) is 44.6 Å². The SMILES string of the molecule is Cc1cc(C(=O)N2CCN(CCNc3ncc(-c4ccccc4)c4nc(C(F)(F)F)ccc34)CC2)nn1C. The van der Waals surface area contributed by atoms with Crippen LogP contribution in [0.15, 0.2) is 54.7 Å². The summed E-state index contributed by atoms with van der Waals surface area (Å²) in [7, 11) is 1.82. The van der Waals surface area contributed by atoms with Gasteiger partial charge in [0.25, 0.3) is 5.91 Å². The minimum atomic E-state index is -4.54. The van der Waals surface area contributed by atoms with E-state index in [4.69, 9.17) is 0 Å². The van der Waals surface area contributed by atoms with E-state index in [0.717, 1.165) is 30.4 Å². The van der Waals surface area contributed by atoms with Crippen LogP contribution in [0.1, 0.15) is 21.9 Å². The molecule has 1 amide bonds. The fourth-order valence-corrected chi connectivity index (χ4v) is 4.58. The van der Waals surface area contributed by atoms with Gasteiger partial charge in [0.05, 0.1) is 5.52 Å². The number of aromatic nitrogens is 4. The minimum absolute atomic E-state index is 0.0635. The third-order valence-corrected chi connectivity index (χ3v) is 6.82. The molecular weight excluding hydrogens is 495 g/mol. The zero-order valence-electron chi connectivity index (χ0n) is 21.2. The summed E-state index contributed by atoms with van der Waals surface area (Å²) in [4.78, 5) is 25.3. The molecule has 0 aliphatic carbocycles. The van der Waals surface area contributed by atoms with Crippen LogP contribution in [0.4, 0.5) is 19.0 Å². The fourth-order valence-electron chi connectivity index (χ4n) is 4.58. The van der Waals surface area contributed by atoms with Gasteiger partial charge in [-0.1, -0.05) is 30.3 Å². The normalized spacial score (nSPS) is 14.7. The zero-order chi connectivity index (χ0) is 26.9. The first-order chi connectivity index (χ1) is 18.2. The minimum Gasteiger partial charge on any atom is -0.368 e. The number of piperazine rings is 1. The van der Waals surface area contributed by atoms with E-state index < -0.39 is 11.9 Å². The maximum absolute atomic E-state index is 13.4. The van der Waals surface area contributed by atoms with Gasteiger partial charge in [-0.2, -0.15) is 18.3 Å². The van der Waals surface area contributed by atoms with E-state index in [-0.39, 0.29) is 11.4 Å². The van der Waals surface area contributed by atoms with Crippen molar-refractivity contribution in [3.8, 4) is 11.1 Å². The molecule has 0 spiro atoms. The Morgan fingerprint density at radius 3 is 2.45 bits per heavy atom. The predicted molar refractivity (Wildman–Crippen MR) is 139 cm³/mol. The summed E-state index contributed by atoms with van der Waals surface area (Å²) in [6, 6.07) is 13.4. The Morgan fingerprint density at radius 1 is 1.05 bits per heavy atom. The highest BCUT2D eigenvalue weighted by Crippen LogP contribution is 2.34. The van der Waals surface area contributed by atoms with Gasteiger partial charge in [0.2, 0.25) is 0 Å². The number of anilines is 1. The van der Waals surface area contributed by atoms with E-state index in [1.165, 1.54) is 6.07 Å². The highest BCUT2D eigenvalue weighted by atomic mass is 19.4. The summed E-state index contributed by atoms with van der Waals surface area (Å²) >= 11 is 0. The molecule has 5 rings (SSSR count). The van der Waals surface area contributed by atoms with E-state index in [1.54, 1.807) is 16.9 Å². The number of nitrogens with one attached hydrogen (secondary N) is 1. The third-order valence-electron chi connectivity index (χ3n) is 6.82. The molecule has 0 bridgehead atoms. The van der Waals surface area contributed by atoms with E-state index in [2.05, 4.69) is 25.3 Å². The van der Waals surface area contributed by atoms with Crippen LogP contribution in [0.3, 0.4) is 0 Å². The quantitative estimate of drug-likeness (QED) is 0.408. The summed E-state index contributed by atoms with van der Waals surface area (Å²) in [6.07, 6.45) is -2.98. The molecule has 4 aromatic rings. The topological polar surface area (TPSA) is 79.2 Å². The second kappa shape index (κ2) is 10.4. The molecule has 8 nitrogen and oxygen atoms in total. The molecule has 1 aliphatic heterocycles. The van der Waals surface area contributed by atoms with Crippen molar-refractivity contribution in [3.05, 3.63) is 71.8 Å². The first-order valence-corrected chi connectivity index (χ1v) is 12.4. The molecule has 4 heterocycles. The summed E-state index contributed by atoms with van der Waals surface area (Å²) in [5, 5.41) is 8.09. The van der Waals surface area contributed by atoms with Gasteiger partial charge in [0.1, 0.15) is 11.5 Å². The molecule has 1 saturated heterocycles. The van der Waals surface area contributed by atoms with Gasteiger partial charge in [-0.25, -0.2) is 9.97 Å². The average Bonchev–Trinajstić information content (AvgIpc) is 3.26. The molecule has 1 fully saturated rings. The van der Waals surface area contributed by atoms with Crippen molar-refractivity contribution in [2.45, 2.75) is 13.1 Å². The Kier molecular flexibility index (Phi) is 7.02. The van der Waals surface area contributed by atoms with Crippen molar-refractivity contribution < 1.29 is 18.0 Å². The average molecular weight is 524 g/mol. The number of hydrogen-bond acceptors (Lipinski definition) is 6. The largest absolute Gasteiger partial charge is 0.433 e. The Morgan fingerprint density at radius 2 is 1.79 bits per heavy atom. The summed E-state index contributed by atoms with van der Waals surface area (Å²) in [6.45, 7) is 5.79. The second-order valence-electron chi connectivity index (χ2n) is 9.33. The third kappa shape index (κ3) is 5.33. The maximum atomic E-state index is 13.4. The zero-order valence-corrected chi connectivity index (χ0v) is 21.2. The van der Waals surface area contributed by atoms with Crippen LogP contribution in [0.5, 0.6) is 0 Å². The molecule has 0 unspecified atom stereocenters. The number of rotatable bonds is 6. The first-order valence-electron chi connectivity index (χ1n) is 12.4. The fraction of sp³-hybridized carbons (Fsp3) is 0.333. The Labute approximate surface area is 218 Å². The van der Waals surface area contributed by atoms with Gasteiger partial charge in [0.15, 0.2) is 5.69 Å². The van der Waals surface area contributed by atoms with Crippen molar-refractivity contribution in [3.63, 3.8) is 0 Å². The highest BCUT2D eigenvalue weighted by Gasteiger charge is 2.33. The molecule has 3 aromatic heterocycles. The van der Waals surface area contributed by atoms with E-state index in [0.29, 0.717) is 48.6 Å². The number of carbonyl (C=O) groups is 1. The predicted octanol–water partition coefficient (Wildman–Crippen LogP) is 4.23. The van der Waals surface area contributed by atoms with Crippen LogP contribution in [0.2, 0.25) is 0 Å². The lowest BCUT2D eigenvalue weighted by atomic mass is 10.0. The number of hydrogen-bond donors (Lipinski definition) is 1. The number of nitrogens with zero attached hydrogens (tertiary/aromatic N) is 6. The van der Waals surface area contributed by atoms with Gasteiger partial charge in [0, 0.05) is 69.2 Å². The molecular formula is C27H28F3N7O. The molecule has 38 heavy (non-hydrogen) atoms. The van der Waals surface area contributed by atoms with Crippen LogP contribution >= 0.6 is 0 Å². The van der Waals surface area contributed by atoms with Gasteiger partial charge in [-0.15, -0.1) is 0 Å². The molecule has 0 atom stereocenters. The first kappa shape index (κ1) is 25.7. The van der Waals surface area contributed by atoms with E-state index in [9.17, 15) is 18.0 Å². The molecule has 1 N–H and O–H groups in total. The van der Waals surface area contributed by atoms with Crippen LogP contribution in [0, 0.1) is 6.92 Å². The highest BCUT2D eigenvalue weighted by molar-refractivity contribution is 5.99. The van der Waals surface area contributed by atoms with Gasteiger partial charge in [-0.3, -0.25) is 14.4 Å². The van der Waals surface area contributed by atoms with E-state index in [1.807, 2.05) is 49.2 Å². The summed E-state index contributed by atoms with van der Waals surface area (Å²) in [5.41, 5.74) is 1.99. The summed E-state index contributed by atoms with van der Waals surface area (Å²) < 4.78 is 42.0. The van der Waals surface area contributed by atoms with E-state index >= 15 is 0 Å². The molecule has 11 heteroatoms. The number of halogens is 3.